The van der Waals surface area contributed by atoms with Crippen LogP contribution in [0.2, 0.25) is 0 Å². The maximum Gasteiger partial charge on any atom is 0.168 e. The van der Waals surface area contributed by atoms with Gasteiger partial charge in [-0.2, -0.15) is 0 Å². The van der Waals surface area contributed by atoms with E-state index in [0.29, 0.717) is 0 Å². The van der Waals surface area contributed by atoms with E-state index in [1.165, 1.54) is 89.0 Å². The number of rotatable bonds is 14. The van der Waals surface area contributed by atoms with Crippen molar-refractivity contribution in [2.75, 3.05) is 0 Å². The molecule has 142 valence electrons. The second-order valence-corrected chi connectivity index (χ2v) is 7.25. The summed E-state index contributed by atoms with van der Waals surface area (Å²) in [5.41, 5.74) is 0. The summed E-state index contributed by atoms with van der Waals surface area (Å²) in [6, 6.07) is 6.32. The van der Waals surface area contributed by atoms with E-state index in [4.69, 9.17) is 5.26 Å². The molecule has 25 heavy (non-hydrogen) atoms. The lowest BCUT2D eigenvalue weighted by Gasteiger charge is -2.10. The highest BCUT2D eigenvalue weighted by Crippen LogP contribution is 2.16. The Labute approximate surface area is 162 Å². The van der Waals surface area contributed by atoms with Crippen molar-refractivity contribution < 1.29 is 4.57 Å². The quantitative estimate of drug-likeness (QED) is 0.167. The van der Waals surface area contributed by atoms with Crippen LogP contribution in [-0.2, 0) is 19.2 Å². The van der Waals surface area contributed by atoms with Gasteiger partial charge in [-0.15, -0.1) is 0 Å². The first-order chi connectivity index (χ1) is 12.2. The van der Waals surface area contributed by atoms with Gasteiger partial charge in [0, 0.05) is 18.6 Å². The molecule has 1 aromatic heterocycles. The van der Waals surface area contributed by atoms with Crippen LogP contribution in [0.4, 0.5) is 0 Å². The highest BCUT2D eigenvalue weighted by atomic mass is 32.1. The lowest BCUT2D eigenvalue weighted by atomic mass is 9.97. The zero-order chi connectivity index (χ0) is 18.6. The molecule has 3 heteroatoms. The highest BCUT2D eigenvalue weighted by Gasteiger charge is 2.04. The summed E-state index contributed by atoms with van der Waals surface area (Å²) in [5, 5.41) is 8.47. The van der Waals surface area contributed by atoms with Crippen LogP contribution in [0.3, 0.4) is 0 Å². The number of aryl methyl sites for hydroxylation is 1. The van der Waals surface area contributed by atoms with E-state index in [0.717, 1.165) is 5.92 Å². The van der Waals surface area contributed by atoms with Crippen LogP contribution < -0.4 is 4.57 Å². The molecule has 0 spiro atoms. The van der Waals surface area contributed by atoms with Crippen molar-refractivity contribution in [3.05, 3.63) is 30.6 Å². The van der Waals surface area contributed by atoms with Crippen LogP contribution in [-0.4, -0.2) is 0 Å². The minimum absolute atomic E-state index is 0.897. The van der Waals surface area contributed by atoms with Crippen LogP contribution in [0.1, 0.15) is 90.9 Å². The number of aromatic nitrogens is 1. The zero-order valence-electron chi connectivity index (χ0n) is 16.5. The van der Waals surface area contributed by atoms with E-state index in [1.807, 2.05) is 0 Å². The lowest BCUT2D eigenvalue weighted by molar-refractivity contribution is -0.697. The second-order valence-electron chi connectivity index (χ2n) is 7.07. The number of nitriles is 1. The number of nitrogens with zero attached hydrogens (tertiary/aromatic N) is 2. The van der Waals surface area contributed by atoms with Gasteiger partial charge in [0.1, 0.15) is 6.54 Å². The zero-order valence-corrected chi connectivity index (χ0v) is 17.3. The summed E-state index contributed by atoms with van der Waals surface area (Å²) < 4.78 is 2.30. The third-order valence-corrected chi connectivity index (χ3v) is 4.69. The molecule has 2 nitrogen and oxygen atoms in total. The van der Waals surface area contributed by atoms with Gasteiger partial charge in [0.25, 0.3) is 0 Å². The van der Waals surface area contributed by atoms with Crippen LogP contribution >= 0.6 is 0 Å². The van der Waals surface area contributed by atoms with E-state index < -0.39 is 0 Å². The summed E-state index contributed by atoms with van der Waals surface area (Å²) in [4.78, 5) is 0. The van der Waals surface area contributed by atoms with Crippen LogP contribution in [0.5, 0.6) is 0 Å². The van der Waals surface area contributed by atoms with Gasteiger partial charge in [0.15, 0.2) is 12.4 Å². The molecule has 0 saturated carbocycles. The molecule has 0 aliphatic heterocycles. The molecule has 0 radical (unpaired) electrons. The van der Waals surface area contributed by atoms with Crippen LogP contribution in [0, 0.1) is 16.6 Å². The molecule has 0 amide bonds. The Morgan fingerprint density at radius 3 is 1.88 bits per heavy atom. The van der Waals surface area contributed by atoms with Crippen molar-refractivity contribution in [1.29, 1.82) is 5.26 Å². The Morgan fingerprint density at radius 1 is 0.840 bits per heavy atom. The SMILES string of the molecule is CCCCCCCCCCC[C@H](C)CCC[n+]1ccccc1.N#C[S-]. The molecular formula is C22H38N2S. The van der Waals surface area contributed by atoms with Crippen molar-refractivity contribution in [3.63, 3.8) is 0 Å². The molecule has 0 unspecified atom stereocenters. The van der Waals surface area contributed by atoms with Crippen molar-refractivity contribution in [2.24, 2.45) is 5.92 Å². The predicted octanol–water partition coefficient (Wildman–Crippen LogP) is 6.33. The van der Waals surface area contributed by atoms with E-state index >= 15 is 0 Å². The molecule has 0 aliphatic carbocycles. The van der Waals surface area contributed by atoms with E-state index in [9.17, 15) is 0 Å². The third-order valence-electron chi connectivity index (χ3n) is 4.69. The van der Waals surface area contributed by atoms with E-state index in [2.05, 4.69) is 61.6 Å². The van der Waals surface area contributed by atoms with Crippen LogP contribution in [0.15, 0.2) is 30.6 Å². The van der Waals surface area contributed by atoms with Crippen molar-refractivity contribution in [1.82, 2.24) is 0 Å². The summed E-state index contributed by atoms with van der Waals surface area (Å²) in [6.07, 6.45) is 21.4. The van der Waals surface area contributed by atoms with Gasteiger partial charge in [-0.3, -0.25) is 0 Å². The minimum Gasteiger partial charge on any atom is -0.696 e. The number of hydrogen-bond donors (Lipinski definition) is 0. The summed E-state index contributed by atoms with van der Waals surface area (Å²) >= 11 is 3.70. The lowest BCUT2D eigenvalue weighted by Crippen LogP contribution is -2.32. The smallest absolute Gasteiger partial charge is 0.168 e. The maximum absolute atomic E-state index is 7.13. The molecular weight excluding hydrogens is 324 g/mol. The van der Waals surface area contributed by atoms with E-state index in [-0.39, 0.29) is 0 Å². The Kier molecular flexibility index (Phi) is 18.3. The second kappa shape index (κ2) is 19.2. The number of hydrogen-bond acceptors (Lipinski definition) is 2. The van der Waals surface area contributed by atoms with E-state index in [1.54, 1.807) is 0 Å². The fourth-order valence-corrected chi connectivity index (χ4v) is 3.15. The van der Waals surface area contributed by atoms with Gasteiger partial charge in [-0.1, -0.05) is 89.5 Å². The average Bonchev–Trinajstić information content (AvgIpc) is 2.62. The molecule has 0 N–H and O–H groups in total. The van der Waals surface area contributed by atoms with Gasteiger partial charge in [0.2, 0.25) is 0 Å². The largest absolute Gasteiger partial charge is 0.696 e. The topological polar surface area (TPSA) is 27.7 Å². The van der Waals surface area contributed by atoms with Crippen molar-refractivity contribution in [3.8, 4) is 5.40 Å². The standard InChI is InChI=1S/C21H38N.CHNS/c1-3-4-5-6-7-8-9-10-12-16-21(2)17-15-20-22-18-13-11-14-19-22;2-1-3/h11,13-14,18-19,21H,3-10,12,15-17,20H2,1-2H3;3H/q+1;/p-1/t21-;/m0./s1. The molecule has 1 rings (SSSR count). The Hall–Kier alpha value is -1.14. The molecule has 1 aromatic rings. The predicted molar refractivity (Wildman–Crippen MR) is 110 cm³/mol. The molecule has 0 aromatic carbocycles. The number of thiocyanates is 1. The van der Waals surface area contributed by atoms with Gasteiger partial charge in [-0.05, 0) is 12.3 Å². The first-order valence-electron chi connectivity index (χ1n) is 10.2. The Morgan fingerprint density at radius 2 is 1.32 bits per heavy atom. The molecule has 1 heterocycles. The van der Waals surface area contributed by atoms with Crippen LogP contribution in [0.25, 0.3) is 0 Å². The molecule has 0 saturated heterocycles. The summed E-state index contributed by atoms with van der Waals surface area (Å²) in [6.45, 7) is 5.89. The molecule has 1 atom stereocenters. The first-order valence-corrected chi connectivity index (χ1v) is 10.6. The van der Waals surface area contributed by atoms with Crippen molar-refractivity contribution in [2.45, 2.75) is 97.4 Å². The van der Waals surface area contributed by atoms with Gasteiger partial charge < -0.3 is 12.6 Å². The number of unbranched alkanes of at least 4 members (excludes halogenated alkanes) is 8. The highest BCUT2D eigenvalue weighted by molar-refractivity contribution is 7.64. The fraction of sp³-hybridized carbons (Fsp3) is 0.727. The van der Waals surface area contributed by atoms with Gasteiger partial charge in [-0.25, -0.2) is 9.83 Å². The summed E-state index contributed by atoms with van der Waals surface area (Å²) in [7, 11) is 0. The minimum atomic E-state index is 0.897. The number of pyridine rings is 1. The monoisotopic (exact) mass is 362 g/mol. The fourth-order valence-electron chi connectivity index (χ4n) is 3.15. The Bertz CT molecular complexity index is 414. The van der Waals surface area contributed by atoms with Gasteiger partial charge >= 0.3 is 0 Å². The molecule has 0 aliphatic rings. The first kappa shape index (κ1) is 23.9. The maximum atomic E-state index is 7.13. The molecule has 0 bridgehead atoms. The summed E-state index contributed by atoms with van der Waals surface area (Å²) in [5.74, 6) is 0.897. The average molecular weight is 363 g/mol. The van der Waals surface area contributed by atoms with Crippen molar-refractivity contribution >= 4 is 12.6 Å². The normalized spacial score (nSPS) is 11.2. The third kappa shape index (κ3) is 17.5. The Balaban J connectivity index is 0.00000178. The molecule has 0 fully saturated rings. The van der Waals surface area contributed by atoms with Gasteiger partial charge in [0.05, 0.1) is 0 Å².